The standard InChI is InChI=1S/C18H28N4O3/c1-20-18(22-10-3-4-14(13-22)12-17(19)23)21-9-11-25-16-7-5-15(24-2)6-8-16/h5-8,14H,3-4,9-13H2,1-2H3,(H2,19,23)(H,20,21). The van der Waals surface area contributed by atoms with E-state index in [-0.39, 0.29) is 5.91 Å². The van der Waals surface area contributed by atoms with Crippen LogP contribution in [-0.4, -0.2) is 57.2 Å². The van der Waals surface area contributed by atoms with Crippen LogP contribution in [0.3, 0.4) is 0 Å². The molecule has 1 saturated heterocycles. The molecule has 1 fully saturated rings. The van der Waals surface area contributed by atoms with Crippen LogP contribution >= 0.6 is 0 Å². The fourth-order valence-electron chi connectivity index (χ4n) is 3.04. The minimum Gasteiger partial charge on any atom is -0.497 e. The number of hydrogen-bond acceptors (Lipinski definition) is 4. The molecule has 0 aliphatic carbocycles. The smallest absolute Gasteiger partial charge is 0.217 e. The molecule has 1 aliphatic heterocycles. The summed E-state index contributed by atoms with van der Waals surface area (Å²) in [4.78, 5) is 17.7. The lowest BCUT2D eigenvalue weighted by molar-refractivity contribution is -0.119. The third kappa shape index (κ3) is 6.17. The monoisotopic (exact) mass is 348 g/mol. The van der Waals surface area contributed by atoms with E-state index >= 15 is 0 Å². The number of rotatable bonds is 7. The Kier molecular flexibility index (Phi) is 7.37. The molecule has 1 aliphatic rings. The third-order valence-electron chi connectivity index (χ3n) is 4.23. The highest BCUT2D eigenvalue weighted by molar-refractivity contribution is 5.80. The Morgan fingerprint density at radius 3 is 2.72 bits per heavy atom. The first kappa shape index (κ1) is 18.9. The quantitative estimate of drug-likeness (QED) is 0.440. The first-order chi connectivity index (χ1) is 12.1. The van der Waals surface area contributed by atoms with Crippen LogP contribution in [0.1, 0.15) is 19.3 Å². The Bertz CT molecular complexity index is 574. The number of carbonyl (C=O) groups excluding carboxylic acids is 1. The summed E-state index contributed by atoms with van der Waals surface area (Å²) >= 11 is 0. The SMILES string of the molecule is CN=C(NCCOc1ccc(OC)cc1)N1CCCC(CC(N)=O)C1. The Balaban J connectivity index is 1.74. The second kappa shape index (κ2) is 9.76. The fourth-order valence-corrected chi connectivity index (χ4v) is 3.04. The third-order valence-corrected chi connectivity index (χ3v) is 4.23. The molecule has 25 heavy (non-hydrogen) atoms. The Labute approximate surface area is 149 Å². The van der Waals surface area contributed by atoms with E-state index in [1.807, 2.05) is 24.3 Å². The van der Waals surface area contributed by atoms with Crippen molar-refractivity contribution in [2.45, 2.75) is 19.3 Å². The molecule has 7 nitrogen and oxygen atoms in total. The van der Waals surface area contributed by atoms with Gasteiger partial charge in [0.25, 0.3) is 0 Å². The molecule has 2 rings (SSSR count). The first-order valence-corrected chi connectivity index (χ1v) is 8.63. The number of carbonyl (C=O) groups is 1. The van der Waals surface area contributed by atoms with Crippen molar-refractivity contribution < 1.29 is 14.3 Å². The maximum absolute atomic E-state index is 11.1. The number of methoxy groups -OCH3 is 1. The maximum Gasteiger partial charge on any atom is 0.217 e. The van der Waals surface area contributed by atoms with E-state index in [1.54, 1.807) is 14.2 Å². The van der Waals surface area contributed by atoms with Gasteiger partial charge in [-0.1, -0.05) is 0 Å². The molecule has 7 heteroatoms. The number of benzene rings is 1. The summed E-state index contributed by atoms with van der Waals surface area (Å²) in [6, 6.07) is 7.50. The molecule has 1 aromatic carbocycles. The fraction of sp³-hybridized carbons (Fsp3) is 0.556. The maximum atomic E-state index is 11.1. The number of nitrogens with one attached hydrogen (secondary N) is 1. The van der Waals surface area contributed by atoms with Crippen LogP contribution in [0, 0.1) is 5.92 Å². The minimum atomic E-state index is -0.234. The highest BCUT2D eigenvalue weighted by atomic mass is 16.5. The molecule has 1 amide bonds. The second-order valence-corrected chi connectivity index (χ2v) is 6.12. The van der Waals surface area contributed by atoms with Crippen molar-refractivity contribution in [1.29, 1.82) is 0 Å². The van der Waals surface area contributed by atoms with E-state index < -0.39 is 0 Å². The summed E-state index contributed by atoms with van der Waals surface area (Å²) in [5.74, 6) is 2.52. The zero-order valence-corrected chi connectivity index (χ0v) is 15.0. The molecule has 0 bridgehead atoms. The number of guanidine groups is 1. The van der Waals surface area contributed by atoms with Crippen LogP contribution in [0.4, 0.5) is 0 Å². The van der Waals surface area contributed by atoms with Gasteiger partial charge in [-0.2, -0.15) is 0 Å². The second-order valence-electron chi connectivity index (χ2n) is 6.12. The van der Waals surface area contributed by atoms with Gasteiger partial charge in [-0.25, -0.2) is 0 Å². The van der Waals surface area contributed by atoms with Crippen molar-refractivity contribution in [3.63, 3.8) is 0 Å². The predicted octanol–water partition coefficient (Wildman–Crippen LogP) is 1.24. The van der Waals surface area contributed by atoms with Crippen LogP contribution in [0.25, 0.3) is 0 Å². The van der Waals surface area contributed by atoms with Crippen LogP contribution < -0.4 is 20.5 Å². The average Bonchev–Trinajstić information content (AvgIpc) is 2.62. The highest BCUT2D eigenvalue weighted by Gasteiger charge is 2.23. The number of hydrogen-bond donors (Lipinski definition) is 2. The van der Waals surface area contributed by atoms with Gasteiger partial charge in [-0.3, -0.25) is 9.79 Å². The lowest BCUT2D eigenvalue weighted by Gasteiger charge is -2.34. The van der Waals surface area contributed by atoms with Crippen molar-refractivity contribution >= 4 is 11.9 Å². The molecule has 0 spiro atoms. The number of nitrogens with two attached hydrogens (primary N) is 1. The van der Waals surface area contributed by atoms with Gasteiger partial charge in [-0.05, 0) is 43.0 Å². The van der Waals surface area contributed by atoms with E-state index in [2.05, 4.69) is 15.2 Å². The van der Waals surface area contributed by atoms with Crippen molar-refractivity contribution in [2.75, 3.05) is 40.4 Å². The number of nitrogens with zero attached hydrogens (tertiary/aromatic N) is 2. The molecule has 1 atom stereocenters. The molecular weight excluding hydrogens is 320 g/mol. The van der Waals surface area contributed by atoms with Gasteiger partial charge >= 0.3 is 0 Å². The molecule has 3 N–H and O–H groups in total. The van der Waals surface area contributed by atoms with Crippen LogP contribution in [0.2, 0.25) is 0 Å². The molecular formula is C18H28N4O3. The molecule has 1 aromatic rings. The number of aliphatic imine (C=N–C) groups is 1. The van der Waals surface area contributed by atoms with Crippen LogP contribution in [0.15, 0.2) is 29.3 Å². The number of likely N-dealkylation sites (tertiary alicyclic amines) is 1. The van der Waals surface area contributed by atoms with Gasteiger partial charge < -0.3 is 25.4 Å². The lowest BCUT2D eigenvalue weighted by atomic mass is 9.95. The van der Waals surface area contributed by atoms with E-state index in [0.717, 1.165) is 43.4 Å². The summed E-state index contributed by atoms with van der Waals surface area (Å²) in [5.41, 5.74) is 5.32. The van der Waals surface area contributed by atoms with Gasteiger partial charge in [0.1, 0.15) is 18.1 Å². The van der Waals surface area contributed by atoms with Gasteiger partial charge in [0.2, 0.25) is 5.91 Å². The topological polar surface area (TPSA) is 89.2 Å². The van der Waals surface area contributed by atoms with E-state index in [9.17, 15) is 4.79 Å². The molecule has 0 saturated carbocycles. The molecule has 0 aromatic heterocycles. The van der Waals surface area contributed by atoms with Gasteiger partial charge in [0, 0.05) is 26.6 Å². The summed E-state index contributed by atoms with van der Waals surface area (Å²) in [5, 5.41) is 3.32. The zero-order chi connectivity index (χ0) is 18.1. The van der Waals surface area contributed by atoms with Crippen LogP contribution in [0.5, 0.6) is 11.5 Å². The average molecular weight is 348 g/mol. The number of piperidine rings is 1. The predicted molar refractivity (Wildman–Crippen MR) is 98.0 cm³/mol. The largest absolute Gasteiger partial charge is 0.497 e. The Morgan fingerprint density at radius 2 is 2.08 bits per heavy atom. The Morgan fingerprint density at radius 1 is 1.36 bits per heavy atom. The number of ether oxygens (including phenoxy) is 2. The first-order valence-electron chi connectivity index (χ1n) is 8.63. The van der Waals surface area contributed by atoms with E-state index in [4.69, 9.17) is 15.2 Å². The Hall–Kier alpha value is -2.44. The molecule has 1 unspecified atom stereocenters. The van der Waals surface area contributed by atoms with Gasteiger partial charge in [0.15, 0.2) is 5.96 Å². The van der Waals surface area contributed by atoms with Crippen molar-refractivity contribution in [1.82, 2.24) is 10.2 Å². The van der Waals surface area contributed by atoms with Gasteiger partial charge in [0.05, 0.1) is 13.7 Å². The lowest BCUT2D eigenvalue weighted by Crippen LogP contribution is -2.48. The van der Waals surface area contributed by atoms with Crippen molar-refractivity contribution in [3.05, 3.63) is 24.3 Å². The van der Waals surface area contributed by atoms with Crippen LogP contribution in [-0.2, 0) is 4.79 Å². The summed E-state index contributed by atoms with van der Waals surface area (Å²) in [6.07, 6.45) is 2.52. The molecule has 138 valence electrons. The molecule has 0 radical (unpaired) electrons. The van der Waals surface area contributed by atoms with Gasteiger partial charge in [-0.15, -0.1) is 0 Å². The minimum absolute atomic E-state index is 0.234. The summed E-state index contributed by atoms with van der Waals surface area (Å²) in [6.45, 7) is 2.93. The van der Waals surface area contributed by atoms with E-state index in [1.165, 1.54) is 0 Å². The highest BCUT2D eigenvalue weighted by Crippen LogP contribution is 2.19. The summed E-state index contributed by atoms with van der Waals surface area (Å²) < 4.78 is 10.8. The molecule has 1 heterocycles. The normalized spacial score (nSPS) is 17.9. The van der Waals surface area contributed by atoms with Crippen molar-refractivity contribution in [2.24, 2.45) is 16.6 Å². The number of amides is 1. The number of primary amides is 1. The van der Waals surface area contributed by atoms with E-state index in [0.29, 0.717) is 25.5 Å². The zero-order valence-electron chi connectivity index (χ0n) is 15.0. The van der Waals surface area contributed by atoms with Crippen molar-refractivity contribution in [3.8, 4) is 11.5 Å². The summed E-state index contributed by atoms with van der Waals surface area (Å²) in [7, 11) is 3.41.